The number of nitrogens with one attached hydrogen (secondary N) is 3. The van der Waals surface area contributed by atoms with Gasteiger partial charge >= 0.3 is 0 Å². The molecule has 2 heterocycles. The highest BCUT2D eigenvalue weighted by Crippen LogP contribution is 2.19. The topological polar surface area (TPSA) is 69.8 Å². The maximum absolute atomic E-state index is 12.7. The summed E-state index contributed by atoms with van der Waals surface area (Å²) in [7, 11) is 0. The van der Waals surface area contributed by atoms with E-state index in [1.807, 2.05) is 36.4 Å². The number of amides is 1. The third-order valence-corrected chi connectivity index (χ3v) is 5.04. The summed E-state index contributed by atoms with van der Waals surface area (Å²) in [4.78, 5) is 20.3. The summed E-state index contributed by atoms with van der Waals surface area (Å²) in [5, 5.41) is 7.57. The van der Waals surface area contributed by atoms with Gasteiger partial charge in [-0.1, -0.05) is 43.3 Å². The van der Waals surface area contributed by atoms with E-state index < -0.39 is 0 Å². The van der Waals surface area contributed by atoms with Gasteiger partial charge in [-0.15, -0.1) is 0 Å². The lowest BCUT2D eigenvalue weighted by atomic mass is 10.1. The Morgan fingerprint density at radius 3 is 2.76 bits per heavy atom. The molecule has 0 aliphatic carbocycles. The smallest absolute Gasteiger partial charge is 0.255 e. The number of para-hydroxylation sites is 2. The van der Waals surface area contributed by atoms with Crippen molar-refractivity contribution >= 4 is 28.3 Å². The molecular weight excluding hydrogens is 360 g/mol. The molecule has 2 aromatic carbocycles. The lowest BCUT2D eigenvalue weighted by Crippen LogP contribution is -2.14. The fraction of sp³-hybridized carbons (Fsp3) is 0.167. The first kappa shape index (κ1) is 18.7. The average molecular weight is 384 g/mol. The molecule has 5 heteroatoms. The third-order valence-electron chi connectivity index (χ3n) is 5.04. The number of carbonyl (C=O) groups excluding carboxylic acids is 1. The number of hydrogen-bond acceptors (Lipinski definition) is 3. The van der Waals surface area contributed by atoms with E-state index in [-0.39, 0.29) is 5.91 Å². The van der Waals surface area contributed by atoms with E-state index in [2.05, 4.69) is 45.9 Å². The van der Waals surface area contributed by atoms with Crippen LogP contribution in [0.2, 0.25) is 0 Å². The number of benzene rings is 2. The van der Waals surface area contributed by atoms with Crippen LogP contribution < -0.4 is 10.6 Å². The normalized spacial score (nSPS) is 10.8. The van der Waals surface area contributed by atoms with Gasteiger partial charge in [0.2, 0.25) is 0 Å². The van der Waals surface area contributed by atoms with Crippen LogP contribution in [-0.4, -0.2) is 22.4 Å². The molecular formula is C24H24N4O. The third kappa shape index (κ3) is 4.29. The van der Waals surface area contributed by atoms with Gasteiger partial charge < -0.3 is 15.6 Å². The minimum atomic E-state index is -0.132. The van der Waals surface area contributed by atoms with Gasteiger partial charge in [0.1, 0.15) is 5.82 Å². The lowest BCUT2D eigenvalue weighted by molar-refractivity contribution is 0.102. The summed E-state index contributed by atoms with van der Waals surface area (Å²) in [6.07, 6.45) is 5.45. The summed E-state index contributed by atoms with van der Waals surface area (Å²) < 4.78 is 0. The molecule has 5 nitrogen and oxygen atoms in total. The number of carbonyl (C=O) groups is 1. The number of aromatic amines is 1. The first-order valence-electron chi connectivity index (χ1n) is 9.89. The summed E-state index contributed by atoms with van der Waals surface area (Å²) >= 11 is 0. The molecule has 0 atom stereocenters. The van der Waals surface area contributed by atoms with E-state index in [1.54, 1.807) is 18.3 Å². The number of rotatable bonds is 7. The van der Waals surface area contributed by atoms with E-state index in [4.69, 9.17) is 0 Å². The average Bonchev–Trinajstić information content (AvgIpc) is 3.17. The van der Waals surface area contributed by atoms with Crippen LogP contribution >= 0.6 is 0 Å². The Morgan fingerprint density at radius 2 is 1.86 bits per heavy atom. The number of fused-ring (bicyclic) bond motifs is 1. The van der Waals surface area contributed by atoms with Crippen LogP contribution in [0.3, 0.4) is 0 Å². The predicted octanol–water partition coefficient (Wildman–Crippen LogP) is 5.03. The van der Waals surface area contributed by atoms with Crippen molar-refractivity contribution in [2.45, 2.75) is 19.8 Å². The standard InChI is InChI=1S/C24H24N4O/c1-2-17-7-3-5-9-21(17)28-24(29)18-11-13-25-23(15-18)26-14-12-19-16-27-22-10-6-4-8-20(19)22/h3-11,13,15-16,27H,2,12,14H2,1H3,(H,25,26)(H,28,29). The van der Waals surface area contributed by atoms with Crippen LogP contribution in [0.25, 0.3) is 10.9 Å². The van der Waals surface area contributed by atoms with Gasteiger partial charge in [-0.2, -0.15) is 0 Å². The second kappa shape index (κ2) is 8.61. The van der Waals surface area contributed by atoms with E-state index >= 15 is 0 Å². The van der Waals surface area contributed by atoms with Gasteiger partial charge in [0.05, 0.1) is 0 Å². The molecule has 0 bridgehead atoms. The van der Waals surface area contributed by atoms with E-state index in [9.17, 15) is 4.79 Å². The molecule has 4 rings (SSSR count). The highest BCUT2D eigenvalue weighted by molar-refractivity contribution is 6.05. The monoisotopic (exact) mass is 384 g/mol. The number of aryl methyl sites for hydroxylation is 1. The summed E-state index contributed by atoms with van der Waals surface area (Å²) in [6.45, 7) is 2.81. The highest BCUT2D eigenvalue weighted by atomic mass is 16.1. The van der Waals surface area contributed by atoms with Crippen molar-refractivity contribution in [3.05, 3.63) is 89.7 Å². The Labute approximate surface area is 170 Å². The molecule has 0 saturated heterocycles. The van der Waals surface area contributed by atoms with E-state index in [0.29, 0.717) is 11.4 Å². The lowest BCUT2D eigenvalue weighted by Gasteiger charge is -2.11. The largest absolute Gasteiger partial charge is 0.370 e. The van der Waals surface area contributed by atoms with Crippen molar-refractivity contribution in [1.82, 2.24) is 9.97 Å². The number of nitrogens with zero attached hydrogens (tertiary/aromatic N) is 1. The molecule has 29 heavy (non-hydrogen) atoms. The van der Waals surface area contributed by atoms with Crippen molar-refractivity contribution in [2.75, 3.05) is 17.2 Å². The number of pyridine rings is 1. The first-order chi connectivity index (χ1) is 14.2. The minimum absolute atomic E-state index is 0.132. The molecule has 0 radical (unpaired) electrons. The van der Waals surface area contributed by atoms with Gasteiger partial charge in [0.15, 0.2) is 0 Å². The van der Waals surface area contributed by atoms with Gasteiger partial charge in [0.25, 0.3) is 5.91 Å². The Bertz CT molecular complexity index is 1130. The highest BCUT2D eigenvalue weighted by Gasteiger charge is 2.10. The quantitative estimate of drug-likeness (QED) is 0.418. The maximum atomic E-state index is 12.7. The van der Waals surface area contributed by atoms with Gasteiger partial charge in [-0.05, 0) is 48.2 Å². The fourth-order valence-corrected chi connectivity index (χ4v) is 3.48. The zero-order valence-electron chi connectivity index (χ0n) is 16.4. The molecule has 4 aromatic rings. The summed E-state index contributed by atoms with van der Waals surface area (Å²) in [5.74, 6) is 0.564. The van der Waals surface area contributed by atoms with Gasteiger partial charge in [-0.25, -0.2) is 4.98 Å². The summed E-state index contributed by atoms with van der Waals surface area (Å²) in [5.41, 5.74) is 4.96. The Kier molecular flexibility index (Phi) is 5.56. The number of hydrogen-bond donors (Lipinski definition) is 3. The SMILES string of the molecule is CCc1ccccc1NC(=O)c1ccnc(NCCc2c[nH]c3ccccc23)c1. The van der Waals surface area contributed by atoms with Crippen LogP contribution in [0.1, 0.15) is 28.4 Å². The molecule has 0 spiro atoms. The van der Waals surface area contributed by atoms with Gasteiger partial charge in [0, 0.05) is 41.1 Å². The second-order valence-electron chi connectivity index (χ2n) is 6.93. The molecule has 1 amide bonds. The van der Waals surface area contributed by atoms with Crippen LogP contribution in [0.15, 0.2) is 73.1 Å². The van der Waals surface area contributed by atoms with Crippen molar-refractivity contribution in [2.24, 2.45) is 0 Å². The zero-order chi connectivity index (χ0) is 20.1. The molecule has 0 aliphatic heterocycles. The molecule has 3 N–H and O–H groups in total. The van der Waals surface area contributed by atoms with E-state index in [0.717, 1.165) is 36.2 Å². The minimum Gasteiger partial charge on any atom is -0.370 e. The van der Waals surface area contributed by atoms with E-state index in [1.165, 1.54) is 10.9 Å². The van der Waals surface area contributed by atoms with Crippen molar-refractivity contribution in [3.8, 4) is 0 Å². The molecule has 0 fully saturated rings. The molecule has 0 saturated carbocycles. The Hall–Kier alpha value is -3.60. The predicted molar refractivity (Wildman–Crippen MR) is 119 cm³/mol. The molecule has 146 valence electrons. The van der Waals surface area contributed by atoms with Crippen LogP contribution in [0.5, 0.6) is 0 Å². The maximum Gasteiger partial charge on any atom is 0.255 e. The number of H-pyrrole nitrogens is 1. The van der Waals surface area contributed by atoms with Gasteiger partial charge in [-0.3, -0.25) is 4.79 Å². The number of aromatic nitrogens is 2. The van der Waals surface area contributed by atoms with Crippen LogP contribution in [-0.2, 0) is 12.8 Å². The van der Waals surface area contributed by atoms with Crippen LogP contribution in [0.4, 0.5) is 11.5 Å². The zero-order valence-corrected chi connectivity index (χ0v) is 16.4. The first-order valence-corrected chi connectivity index (χ1v) is 9.89. The molecule has 0 aliphatic rings. The summed E-state index contributed by atoms with van der Waals surface area (Å²) in [6, 6.07) is 19.7. The van der Waals surface area contributed by atoms with Crippen molar-refractivity contribution < 1.29 is 4.79 Å². The Balaban J connectivity index is 1.40. The molecule has 0 unspecified atom stereocenters. The van der Waals surface area contributed by atoms with Crippen LogP contribution in [0, 0.1) is 0 Å². The Morgan fingerprint density at radius 1 is 1.03 bits per heavy atom. The second-order valence-corrected chi connectivity index (χ2v) is 6.93. The number of anilines is 2. The van der Waals surface area contributed by atoms with Crippen molar-refractivity contribution in [3.63, 3.8) is 0 Å². The van der Waals surface area contributed by atoms with Crippen molar-refractivity contribution in [1.29, 1.82) is 0 Å². The fourth-order valence-electron chi connectivity index (χ4n) is 3.48. The molecule has 2 aromatic heterocycles.